The summed E-state index contributed by atoms with van der Waals surface area (Å²) >= 11 is 0. The van der Waals surface area contributed by atoms with E-state index in [0.717, 1.165) is 36.6 Å². The van der Waals surface area contributed by atoms with Crippen molar-refractivity contribution in [2.45, 2.75) is 63.7 Å². The van der Waals surface area contributed by atoms with Crippen LogP contribution in [-0.4, -0.2) is 54.8 Å². The summed E-state index contributed by atoms with van der Waals surface area (Å²) < 4.78 is 67.2. The molecular weight excluding hydrogens is 513 g/mol. The molecule has 13 heteroatoms. The highest BCUT2D eigenvalue weighted by molar-refractivity contribution is 7.91. The van der Waals surface area contributed by atoms with Crippen LogP contribution in [0.5, 0.6) is 5.75 Å². The molecule has 1 spiro atoms. The summed E-state index contributed by atoms with van der Waals surface area (Å²) in [6.07, 6.45) is 0.692. The molecule has 0 fully saturated rings. The maximum Gasteiger partial charge on any atom is 0.422 e. The molecule has 37 heavy (non-hydrogen) atoms. The van der Waals surface area contributed by atoms with Crippen LogP contribution in [0.25, 0.3) is 0 Å². The molecular formula is C24H29F3N4O5S. The minimum Gasteiger partial charge on any atom is -0.484 e. The number of nitrogens with zero attached hydrogens (tertiary/aromatic N) is 2. The van der Waals surface area contributed by atoms with Gasteiger partial charge in [-0.05, 0) is 48.9 Å². The monoisotopic (exact) mass is 542 g/mol. The molecule has 2 amide bonds. The van der Waals surface area contributed by atoms with Crippen molar-refractivity contribution in [3.8, 4) is 5.75 Å². The van der Waals surface area contributed by atoms with Crippen molar-refractivity contribution < 1.29 is 35.9 Å². The van der Waals surface area contributed by atoms with Crippen molar-refractivity contribution in [1.82, 2.24) is 15.1 Å². The van der Waals surface area contributed by atoms with Crippen molar-refractivity contribution in [3.05, 3.63) is 40.7 Å². The maximum atomic E-state index is 13.4. The fraction of sp³-hybridized carbons (Fsp3) is 0.542. The highest BCUT2D eigenvalue weighted by Crippen LogP contribution is 2.43. The summed E-state index contributed by atoms with van der Waals surface area (Å²) in [5.41, 5.74) is 1.61. The SMILES string of the molecule is CCCCCc1nn2c(c1NC(=O)CS(C)(=O)=O)C(=O)N[C@@]1(CCc3cc(OCC(F)(F)F)ccc31)C2. The Morgan fingerprint density at radius 1 is 1.30 bits per heavy atom. The number of carbonyl (C=O) groups excluding carboxylic acids is 2. The molecule has 1 aliphatic carbocycles. The molecule has 0 bridgehead atoms. The maximum absolute atomic E-state index is 13.4. The van der Waals surface area contributed by atoms with Crippen LogP contribution in [0.15, 0.2) is 18.2 Å². The van der Waals surface area contributed by atoms with Crippen LogP contribution in [0, 0.1) is 0 Å². The van der Waals surface area contributed by atoms with Crippen LogP contribution >= 0.6 is 0 Å². The number of carbonyl (C=O) groups is 2. The third-order valence-corrected chi connectivity index (χ3v) is 7.29. The first-order valence-corrected chi connectivity index (χ1v) is 14.1. The number of anilines is 1. The number of ether oxygens (including phenoxy) is 1. The third-order valence-electron chi connectivity index (χ3n) is 6.50. The Hall–Kier alpha value is -3.09. The number of rotatable bonds is 9. The van der Waals surface area contributed by atoms with Crippen molar-refractivity contribution >= 4 is 27.3 Å². The Bertz CT molecular complexity index is 1320. The lowest BCUT2D eigenvalue weighted by Crippen LogP contribution is -2.52. The summed E-state index contributed by atoms with van der Waals surface area (Å²) in [5, 5.41) is 10.3. The van der Waals surface area contributed by atoms with Crippen LogP contribution in [0.3, 0.4) is 0 Å². The summed E-state index contributed by atoms with van der Waals surface area (Å²) in [6.45, 7) is 0.910. The average molecular weight is 543 g/mol. The highest BCUT2D eigenvalue weighted by Gasteiger charge is 2.46. The molecule has 2 N–H and O–H groups in total. The number of sulfone groups is 1. The lowest BCUT2D eigenvalue weighted by atomic mass is 9.89. The first kappa shape index (κ1) is 27.0. The van der Waals surface area contributed by atoms with Gasteiger partial charge in [-0.3, -0.25) is 14.3 Å². The van der Waals surface area contributed by atoms with E-state index in [2.05, 4.69) is 15.7 Å². The number of aromatic nitrogens is 2. The van der Waals surface area contributed by atoms with Crippen molar-refractivity contribution in [2.24, 2.45) is 0 Å². The molecule has 4 rings (SSSR count). The van der Waals surface area contributed by atoms with E-state index >= 15 is 0 Å². The number of benzene rings is 1. The van der Waals surface area contributed by atoms with Gasteiger partial charge >= 0.3 is 6.18 Å². The van der Waals surface area contributed by atoms with Gasteiger partial charge in [-0.1, -0.05) is 25.8 Å². The molecule has 1 aromatic heterocycles. The number of unbranched alkanes of at least 4 members (excludes halogenated alkanes) is 2. The first-order chi connectivity index (χ1) is 17.3. The van der Waals surface area contributed by atoms with Gasteiger partial charge in [0.1, 0.15) is 17.2 Å². The van der Waals surface area contributed by atoms with Crippen LogP contribution in [0.1, 0.15) is 59.9 Å². The molecule has 9 nitrogen and oxygen atoms in total. The second-order valence-electron chi connectivity index (χ2n) is 9.66. The fourth-order valence-corrected chi connectivity index (χ4v) is 5.51. The summed E-state index contributed by atoms with van der Waals surface area (Å²) in [4.78, 5) is 25.8. The molecule has 2 aromatic rings. The summed E-state index contributed by atoms with van der Waals surface area (Å²) in [7, 11) is -3.58. The molecule has 0 radical (unpaired) electrons. The standard InChI is InChI=1S/C24H29F3N4O5S/c1-3-4-5-6-18-20(28-19(32)12-37(2,34)35)21-22(33)29-23(13-31(21)30-18)10-9-15-11-16(7-8-17(15)23)36-14-24(25,26)27/h7-8,11H,3-6,9-10,12-14H2,1-2H3,(H,28,32)(H,29,33)/t23-/m0/s1. The van der Waals surface area contributed by atoms with Crippen LogP contribution in [0.2, 0.25) is 0 Å². The van der Waals surface area contributed by atoms with E-state index in [9.17, 15) is 31.2 Å². The largest absolute Gasteiger partial charge is 0.484 e. The number of hydrogen-bond donors (Lipinski definition) is 2. The zero-order valence-electron chi connectivity index (χ0n) is 20.6. The molecule has 2 aliphatic rings. The smallest absolute Gasteiger partial charge is 0.422 e. The zero-order valence-corrected chi connectivity index (χ0v) is 21.4. The van der Waals surface area contributed by atoms with E-state index in [1.807, 2.05) is 6.92 Å². The van der Waals surface area contributed by atoms with Gasteiger partial charge < -0.3 is 15.4 Å². The van der Waals surface area contributed by atoms with E-state index in [1.54, 1.807) is 16.8 Å². The predicted molar refractivity (Wildman–Crippen MR) is 129 cm³/mol. The summed E-state index contributed by atoms with van der Waals surface area (Å²) in [5.74, 6) is -1.84. The van der Waals surface area contributed by atoms with Gasteiger partial charge in [-0.15, -0.1) is 0 Å². The minimum absolute atomic E-state index is 0.101. The van der Waals surface area contributed by atoms with Crippen molar-refractivity contribution in [3.63, 3.8) is 0 Å². The quantitative estimate of drug-likeness (QED) is 0.470. The lowest BCUT2D eigenvalue weighted by Gasteiger charge is -2.36. The van der Waals surface area contributed by atoms with E-state index < -0.39 is 45.7 Å². The molecule has 1 atom stereocenters. The molecule has 202 valence electrons. The van der Waals surface area contributed by atoms with E-state index in [1.165, 1.54) is 6.07 Å². The van der Waals surface area contributed by atoms with Gasteiger partial charge in [0.25, 0.3) is 5.91 Å². The second-order valence-corrected chi connectivity index (χ2v) is 11.8. The van der Waals surface area contributed by atoms with Gasteiger partial charge in [0.05, 0.1) is 23.5 Å². The van der Waals surface area contributed by atoms with Crippen LogP contribution in [-0.2, 0) is 39.6 Å². The Morgan fingerprint density at radius 3 is 2.73 bits per heavy atom. The van der Waals surface area contributed by atoms with E-state index in [4.69, 9.17) is 4.74 Å². The molecule has 2 heterocycles. The number of aryl methyl sites for hydroxylation is 2. The number of nitrogens with one attached hydrogen (secondary N) is 2. The first-order valence-electron chi connectivity index (χ1n) is 12.0. The Morgan fingerprint density at radius 2 is 2.05 bits per heavy atom. The minimum atomic E-state index is -4.45. The molecule has 0 unspecified atom stereocenters. The van der Waals surface area contributed by atoms with Gasteiger partial charge in [0.15, 0.2) is 16.4 Å². The molecule has 1 aromatic carbocycles. The fourth-order valence-electron chi connectivity index (χ4n) is 4.97. The van der Waals surface area contributed by atoms with E-state index in [-0.39, 0.29) is 23.7 Å². The van der Waals surface area contributed by atoms with Gasteiger partial charge in [0.2, 0.25) is 5.91 Å². The van der Waals surface area contributed by atoms with Crippen LogP contribution in [0.4, 0.5) is 18.9 Å². The summed E-state index contributed by atoms with van der Waals surface area (Å²) in [6, 6.07) is 4.68. The number of hydrogen-bond acceptors (Lipinski definition) is 6. The number of amides is 2. The predicted octanol–water partition coefficient (Wildman–Crippen LogP) is 3.13. The normalized spacial score (nSPS) is 18.9. The lowest BCUT2D eigenvalue weighted by molar-refractivity contribution is -0.153. The average Bonchev–Trinajstić information content (AvgIpc) is 3.29. The van der Waals surface area contributed by atoms with Gasteiger partial charge in [0, 0.05) is 6.26 Å². The topological polar surface area (TPSA) is 119 Å². The van der Waals surface area contributed by atoms with Gasteiger partial charge in [-0.25, -0.2) is 8.42 Å². The molecule has 0 saturated carbocycles. The zero-order chi connectivity index (χ0) is 27.0. The third kappa shape index (κ3) is 6.08. The highest BCUT2D eigenvalue weighted by atomic mass is 32.2. The molecule has 1 aliphatic heterocycles. The Labute approximate surface area is 212 Å². The Kier molecular flexibility index (Phi) is 7.28. The van der Waals surface area contributed by atoms with Gasteiger partial charge in [-0.2, -0.15) is 18.3 Å². The van der Waals surface area contributed by atoms with Crippen molar-refractivity contribution in [2.75, 3.05) is 23.9 Å². The van der Waals surface area contributed by atoms with Crippen LogP contribution < -0.4 is 15.4 Å². The van der Waals surface area contributed by atoms with E-state index in [0.29, 0.717) is 25.0 Å². The Balaban J connectivity index is 1.64. The number of fused-ring (bicyclic) bond motifs is 3. The van der Waals surface area contributed by atoms with Crippen molar-refractivity contribution in [1.29, 1.82) is 0 Å². The molecule has 0 saturated heterocycles. The second kappa shape index (κ2) is 9.99. The number of halogens is 3. The number of alkyl halides is 3.